The van der Waals surface area contributed by atoms with Crippen LogP contribution in [0.4, 0.5) is 0 Å². The third kappa shape index (κ3) is 2.96. The van der Waals surface area contributed by atoms with E-state index in [0.717, 1.165) is 25.2 Å². The highest BCUT2D eigenvalue weighted by atomic mass is 16.5. The molecular weight excluding hydrogens is 174 g/mol. The maximum absolute atomic E-state index is 5.48. The minimum Gasteiger partial charge on any atom is -0.380 e. The molecule has 2 aliphatic rings. The van der Waals surface area contributed by atoms with Gasteiger partial charge in [0.15, 0.2) is 0 Å². The zero-order valence-electron chi connectivity index (χ0n) is 9.30. The van der Waals surface area contributed by atoms with E-state index in [-0.39, 0.29) is 0 Å². The summed E-state index contributed by atoms with van der Waals surface area (Å²) in [5.74, 6) is 0.954. The van der Waals surface area contributed by atoms with Crippen LogP contribution in [0.3, 0.4) is 0 Å². The Hall–Kier alpha value is -0.0800. The van der Waals surface area contributed by atoms with Crippen LogP contribution in [-0.2, 0) is 4.74 Å². The Morgan fingerprint density at radius 3 is 2.43 bits per heavy atom. The molecule has 0 aromatic carbocycles. The highest BCUT2D eigenvalue weighted by Crippen LogP contribution is 2.24. The molecule has 0 bridgehead atoms. The highest BCUT2D eigenvalue weighted by molar-refractivity contribution is 4.80. The predicted molar refractivity (Wildman–Crippen MR) is 58.4 cm³/mol. The highest BCUT2D eigenvalue weighted by Gasteiger charge is 2.22. The molecule has 2 heteroatoms. The van der Waals surface area contributed by atoms with Crippen molar-refractivity contribution in [3.63, 3.8) is 0 Å². The molecule has 1 atom stereocenters. The second-order valence-electron chi connectivity index (χ2n) is 5.04. The normalized spacial score (nSPS) is 39.6. The fourth-order valence-corrected chi connectivity index (χ4v) is 2.63. The fourth-order valence-electron chi connectivity index (χ4n) is 2.63. The first kappa shape index (κ1) is 10.4. The van der Waals surface area contributed by atoms with Crippen molar-refractivity contribution < 1.29 is 4.74 Å². The van der Waals surface area contributed by atoms with Crippen molar-refractivity contribution in [2.75, 3.05) is 13.2 Å². The van der Waals surface area contributed by atoms with Gasteiger partial charge in [0.25, 0.3) is 0 Å². The van der Waals surface area contributed by atoms with Crippen LogP contribution >= 0.6 is 0 Å². The van der Waals surface area contributed by atoms with Crippen molar-refractivity contribution >= 4 is 0 Å². The smallest absolute Gasteiger partial charge is 0.0619 e. The topological polar surface area (TPSA) is 21.3 Å². The second-order valence-corrected chi connectivity index (χ2v) is 5.04. The van der Waals surface area contributed by atoms with E-state index in [2.05, 4.69) is 12.2 Å². The maximum Gasteiger partial charge on any atom is 0.0619 e. The summed E-state index contributed by atoms with van der Waals surface area (Å²) in [4.78, 5) is 0. The SMILES string of the molecule is CC1CCC(N[C@H]2CCCOC2)CC1. The van der Waals surface area contributed by atoms with Gasteiger partial charge in [-0.2, -0.15) is 0 Å². The molecule has 1 N–H and O–H groups in total. The van der Waals surface area contributed by atoms with Crippen molar-refractivity contribution in [1.82, 2.24) is 5.32 Å². The molecule has 14 heavy (non-hydrogen) atoms. The molecule has 0 spiro atoms. The summed E-state index contributed by atoms with van der Waals surface area (Å²) in [6.07, 6.45) is 8.11. The van der Waals surface area contributed by atoms with Gasteiger partial charge in [0.2, 0.25) is 0 Å². The molecule has 0 aromatic heterocycles. The largest absolute Gasteiger partial charge is 0.380 e. The van der Waals surface area contributed by atoms with Gasteiger partial charge in [0.1, 0.15) is 0 Å². The molecule has 1 aliphatic heterocycles. The van der Waals surface area contributed by atoms with Gasteiger partial charge in [-0.3, -0.25) is 0 Å². The van der Waals surface area contributed by atoms with Gasteiger partial charge < -0.3 is 10.1 Å². The number of rotatable bonds is 2. The first-order chi connectivity index (χ1) is 6.84. The van der Waals surface area contributed by atoms with Crippen molar-refractivity contribution in [2.45, 2.75) is 57.5 Å². The lowest BCUT2D eigenvalue weighted by atomic mass is 9.87. The van der Waals surface area contributed by atoms with Crippen molar-refractivity contribution in [3.8, 4) is 0 Å². The van der Waals surface area contributed by atoms with Crippen LogP contribution in [0.2, 0.25) is 0 Å². The summed E-state index contributed by atoms with van der Waals surface area (Å²) in [5.41, 5.74) is 0. The van der Waals surface area contributed by atoms with Crippen LogP contribution in [0, 0.1) is 5.92 Å². The summed E-state index contributed by atoms with van der Waals surface area (Å²) in [6.45, 7) is 4.28. The molecular formula is C12H23NO. The van der Waals surface area contributed by atoms with E-state index < -0.39 is 0 Å². The fraction of sp³-hybridized carbons (Fsp3) is 1.00. The average Bonchev–Trinajstić information content (AvgIpc) is 2.23. The number of hydrogen-bond donors (Lipinski definition) is 1. The lowest BCUT2D eigenvalue weighted by Crippen LogP contribution is -2.44. The Kier molecular flexibility index (Phi) is 3.82. The van der Waals surface area contributed by atoms with Gasteiger partial charge in [0.05, 0.1) is 6.61 Å². The Bertz CT molecular complexity index is 158. The van der Waals surface area contributed by atoms with Crippen LogP contribution < -0.4 is 5.32 Å². The molecule has 0 unspecified atom stereocenters. The molecule has 2 rings (SSSR count). The summed E-state index contributed by atoms with van der Waals surface area (Å²) >= 11 is 0. The van der Waals surface area contributed by atoms with Gasteiger partial charge in [0, 0.05) is 18.7 Å². The van der Waals surface area contributed by atoms with E-state index in [1.165, 1.54) is 38.5 Å². The first-order valence-electron chi connectivity index (χ1n) is 6.18. The van der Waals surface area contributed by atoms with Crippen molar-refractivity contribution in [1.29, 1.82) is 0 Å². The quantitative estimate of drug-likeness (QED) is 0.733. The average molecular weight is 197 g/mol. The monoisotopic (exact) mass is 197 g/mol. The van der Waals surface area contributed by atoms with Gasteiger partial charge in [-0.15, -0.1) is 0 Å². The molecule has 1 saturated heterocycles. The third-order valence-electron chi connectivity index (χ3n) is 3.65. The van der Waals surface area contributed by atoms with Crippen molar-refractivity contribution in [3.05, 3.63) is 0 Å². The Balaban J connectivity index is 1.68. The summed E-state index contributed by atoms with van der Waals surface area (Å²) in [6, 6.07) is 1.42. The van der Waals surface area contributed by atoms with E-state index in [0.29, 0.717) is 6.04 Å². The summed E-state index contributed by atoms with van der Waals surface area (Å²) < 4.78 is 5.48. The number of hydrogen-bond acceptors (Lipinski definition) is 2. The Morgan fingerprint density at radius 1 is 1.00 bits per heavy atom. The maximum atomic E-state index is 5.48. The van der Waals surface area contributed by atoms with E-state index in [1.54, 1.807) is 0 Å². The second kappa shape index (κ2) is 5.13. The molecule has 1 saturated carbocycles. The van der Waals surface area contributed by atoms with Gasteiger partial charge in [-0.25, -0.2) is 0 Å². The third-order valence-corrected chi connectivity index (χ3v) is 3.65. The Labute approximate surface area is 87.4 Å². The van der Waals surface area contributed by atoms with E-state index in [9.17, 15) is 0 Å². The molecule has 1 aliphatic carbocycles. The number of ether oxygens (including phenoxy) is 1. The summed E-state index contributed by atoms with van der Waals surface area (Å²) in [5, 5.41) is 3.75. The zero-order valence-corrected chi connectivity index (χ0v) is 9.30. The van der Waals surface area contributed by atoms with Crippen LogP contribution in [0.1, 0.15) is 45.4 Å². The van der Waals surface area contributed by atoms with E-state index >= 15 is 0 Å². The summed E-state index contributed by atoms with van der Waals surface area (Å²) in [7, 11) is 0. The molecule has 0 amide bonds. The molecule has 2 nitrogen and oxygen atoms in total. The minimum absolute atomic E-state index is 0.641. The van der Waals surface area contributed by atoms with E-state index in [4.69, 9.17) is 4.74 Å². The Morgan fingerprint density at radius 2 is 1.79 bits per heavy atom. The zero-order chi connectivity index (χ0) is 9.80. The standard InChI is InChI=1S/C12H23NO/c1-10-4-6-11(7-5-10)13-12-3-2-8-14-9-12/h10-13H,2-9H2,1H3/t10?,11?,12-/m0/s1. The minimum atomic E-state index is 0.641. The van der Waals surface area contributed by atoms with Crippen LogP contribution in [-0.4, -0.2) is 25.3 Å². The molecule has 2 fully saturated rings. The molecule has 0 aromatic rings. The van der Waals surface area contributed by atoms with Crippen LogP contribution in [0.25, 0.3) is 0 Å². The van der Waals surface area contributed by atoms with Gasteiger partial charge in [-0.1, -0.05) is 6.92 Å². The molecule has 1 heterocycles. The van der Waals surface area contributed by atoms with Crippen molar-refractivity contribution in [2.24, 2.45) is 5.92 Å². The van der Waals surface area contributed by atoms with Gasteiger partial charge >= 0.3 is 0 Å². The number of nitrogens with one attached hydrogen (secondary N) is 1. The lowest BCUT2D eigenvalue weighted by molar-refractivity contribution is 0.0634. The molecule has 0 radical (unpaired) electrons. The van der Waals surface area contributed by atoms with Crippen LogP contribution in [0.15, 0.2) is 0 Å². The lowest BCUT2D eigenvalue weighted by Gasteiger charge is -2.32. The first-order valence-corrected chi connectivity index (χ1v) is 6.18. The van der Waals surface area contributed by atoms with Gasteiger partial charge in [-0.05, 0) is 44.4 Å². The predicted octanol–water partition coefficient (Wildman–Crippen LogP) is 2.33. The molecule has 82 valence electrons. The van der Waals surface area contributed by atoms with Crippen LogP contribution in [0.5, 0.6) is 0 Å². The van der Waals surface area contributed by atoms with E-state index in [1.807, 2.05) is 0 Å².